The zero-order chi connectivity index (χ0) is 15.5. The highest BCUT2D eigenvalue weighted by atomic mass is 35.5. The van der Waals surface area contributed by atoms with Crippen LogP contribution in [0.15, 0.2) is 24.3 Å². The van der Waals surface area contributed by atoms with E-state index in [-0.39, 0.29) is 35.8 Å². The summed E-state index contributed by atoms with van der Waals surface area (Å²) in [6.07, 6.45) is 1.54. The lowest BCUT2D eigenvalue weighted by atomic mass is 10.0. The predicted octanol–water partition coefficient (Wildman–Crippen LogP) is 2.21. The Morgan fingerprint density at radius 1 is 1.43 bits per heavy atom. The van der Waals surface area contributed by atoms with E-state index in [9.17, 15) is 13.2 Å². The number of rotatable bonds is 5. The Balaban J connectivity index is 1.81. The van der Waals surface area contributed by atoms with Crippen molar-refractivity contribution in [3.05, 3.63) is 34.9 Å². The average molecular weight is 330 g/mol. The largest absolute Gasteiger partial charge is 0.353 e. The van der Waals surface area contributed by atoms with Gasteiger partial charge in [0.15, 0.2) is 9.84 Å². The van der Waals surface area contributed by atoms with Gasteiger partial charge < -0.3 is 5.32 Å². The quantitative estimate of drug-likeness (QED) is 0.900. The van der Waals surface area contributed by atoms with E-state index >= 15 is 0 Å². The van der Waals surface area contributed by atoms with Crippen LogP contribution in [0.5, 0.6) is 0 Å². The molecule has 4 nitrogen and oxygen atoms in total. The fourth-order valence-electron chi connectivity index (χ4n) is 2.67. The van der Waals surface area contributed by atoms with E-state index in [1.165, 1.54) is 0 Å². The van der Waals surface area contributed by atoms with Crippen molar-refractivity contribution in [2.45, 2.75) is 32.2 Å². The van der Waals surface area contributed by atoms with Crippen LogP contribution in [0.2, 0.25) is 5.02 Å². The second kappa shape index (κ2) is 6.79. The van der Waals surface area contributed by atoms with Crippen LogP contribution in [-0.2, 0) is 21.1 Å². The second-order valence-corrected chi connectivity index (χ2v) is 8.37. The monoisotopic (exact) mass is 329 g/mol. The predicted molar refractivity (Wildman–Crippen MR) is 84.1 cm³/mol. The summed E-state index contributed by atoms with van der Waals surface area (Å²) >= 11 is 6.09. The first-order valence-corrected chi connectivity index (χ1v) is 9.29. The standard InChI is InChI=1S/C15H20ClNO3S/c1-11(8-13-4-2-3-5-14(13)16)17-15(18)9-12-6-7-21(19,20)10-12/h2-5,11-12H,6-10H2,1H3,(H,17,18). The van der Waals surface area contributed by atoms with Crippen LogP contribution in [0, 0.1) is 5.92 Å². The number of halogens is 1. The van der Waals surface area contributed by atoms with Crippen molar-refractivity contribution in [2.24, 2.45) is 5.92 Å². The summed E-state index contributed by atoms with van der Waals surface area (Å²) in [6, 6.07) is 7.52. The first-order valence-electron chi connectivity index (χ1n) is 7.09. The van der Waals surface area contributed by atoms with E-state index in [0.717, 1.165) is 5.56 Å². The molecule has 116 valence electrons. The van der Waals surface area contributed by atoms with Crippen LogP contribution < -0.4 is 5.32 Å². The van der Waals surface area contributed by atoms with Crippen molar-refractivity contribution in [3.63, 3.8) is 0 Å². The molecule has 1 amide bonds. The summed E-state index contributed by atoms with van der Waals surface area (Å²) < 4.78 is 22.8. The highest BCUT2D eigenvalue weighted by molar-refractivity contribution is 7.91. The van der Waals surface area contributed by atoms with Gasteiger partial charge in [-0.15, -0.1) is 0 Å². The first kappa shape index (κ1) is 16.3. The van der Waals surface area contributed by atoms with Gasteiger partial charge in [0, 0.05) is 17.5 Å². The molecule has 1 aromatic rings. The van der Waals surface area contributed by atoms with Gasteiger partial charge in [-0.1, -0.05) is 29.8 Å². The second-order valence-electron chi connectivity index (χ2n) is 5.74. The molecule has 1 aliphatic rings. The van der Waals surface area contributed by atoms with Gasteiger partial charge in [-0.25, -0.2) is 8.42 Å². The highest BCUT2D eigenvalue weighted by Crippen LogP contribution is 2.21. The Morgan fingerprint density at radius 3 is 2.76 bits per heavy atom. The number of sulfone groups is 1. The van der Waals surface area contributed by atoms with Gasteiger partial charge in [0.1, 0.15) is 0 Å². The summed E-state index contributed by atoms with van der Waals surface area (Å²) in [5.41, 5.74) is 0.996. The van der Waals surface area contributed by atoms with Crippen molar-refractivity contribution in [2.75, 3.05) is 11.5 Å². The van der Waals surface area contributed by atoms with E-state index in [0.29, 0.717) is 17.9 Å². The van der Waals surface area contributed by atoms with Crippen molar-refractivity contribution >= 4 is 27.3 Å². The number of carbonyl (C=O) groups excluding carboxylic acids is 1. The molecule has 0 aromatic heterocycles. The molecule has 0 aliphatic carbocycles. The minimum atomic E-state index is -2.92. The Morgan fingerprint density at radius 2 is 2.14 bits per heavy atom. The molecule has 1 N–H and O–H groups in total. The Labute approximate surface area is 130 Å². The molecule has 0 spiro atoms. The summed E-state index contributed by atoms with van der Waals surface area (Å²) in [5, 5.41) is 3.61. The van der Waals surface area contributed by atoms with Gasteiger partial charge in [-0.2, -0.15) is 0 Å². The first-order chi connectivity index (χ1) is 9.85. The molecule has 1 heterocycles. The summed E-state index contributed by atoms with van der Waals surface area (Å²) in [6.45, 7) is 1.92. The van der Waals surface area contributed by atoms with E-state index in [2.05, 4.69) is 5.32 Å². The smallest absolute Gasteiger partial charge is 0.220 e. The number of carbonyl (C=O) groups is 1. The van der Waals surface area contributed by atoms with Crippen LogP contribution in [0.25, 0.3) is 0 Å². The Kier molecular flexibility index (Phi) is 5.27. The molecule has 1 aromatic carbocycles. The average Bonchev–Trinajstić information content (AvgIpc) is 2.71. The third-order valence-electron chi connectivity index (χ3n) is 3.69. The van der Waals surface area contributed by atoms with E-state index in [4.69, 9.17) is 11.6 Å². The summed E-state index contributed by atoms with van der Waals surface area (Å²) in [7, 11) is -2.92. The number of hydrogen-bond donors (Lipinski definition) is 1. The van der Waals surface area contributed by atoms with Gasteiger partial charge in [-0.3, -0.25) is 4.79 Å². The molecule has 1 fully saturated rings. The zero-order valence-corrected chi connectivity index (χ0v) is 13.6. The lowest BCUT2D eigenvalue weighted by molar-refractivity contribution is -0.122. The van der Waals surface area contributed by atoms with Crippen LogP contribution >= 0.6 is 11.6 Å². The van der Waals surface area contributed by atoms with Gasteiger partial charge in [0.05, 0.1) is 11.5 Å². The molecule has 2 rings (SSSR count). The maximum atomic E-state index is 12.0. The molecule has 21 heavy (non-hydrogen) atoms. The lowest BCUT2D eigenvalue weighted by Gasteiger charge is -2.16. The molecule has 1 aliphatic heterocycles. The number of amides is 1. The normalized spacial score (nSPS) is 21.9. The van der Waals surface area contributed by atoms with Crippen molar-refractivity contribution in [3.8, 4) is 0 Å². The van der Waals surface area contributed by atoms with Crippen LogP contribution in [0.1, 0.15) is 25.3 Å². The van der Waals surface area contributed by atoms with Gasteiger partial charge in [0.25, 0.3) is 0 Å². The summed E-state index contributed by atoms with van der Waals surface area (Å²) in [4.78, 5) is 12.0. The zero-order valence-electron chi connectivity index (χ0n) is 12.0. The number of nitrogens with one attached hydrogen (secondary N) is 1. The SMILES string of the molecule is CC(Cc1ccccc1Cl)NC(=O)CC1CCS(=O)(=O)C1. The van der Waals surface area contributed by atoms with Gasteiger partial charge >= 0.3 is 0 Å². The molecule has 0 saturated carbocycles. The topological polar surface area (TPSA) is 63.2 Å². The van der Waals surface area contributed by atoms with Crippen molar-refractivity contribution < 1.29 is 13.2 Å². The fraction of sp³-hybridized carbons (Fsp3) is 0.533. The van der Waals surface area contributed by atoms with Crippen LogP contribution in [0.4, 0.5) is 0 Å². The summed E-state index contributed by atoms with van der Waals surface area (Å²) in [5.74, 6) is 0.221. The van der Waals surface area contributed by atoms with Crippen molar-refractivity contribution in [1.82, 2.24) is 5.32 Å². The molecule has 2 unspecified atom stereocenters. The van der Waals surface area contributed by atoms with Crippen LogP contribution in [0.3, 0.4) is 0 Å². The minimum absolute atomic E-state index is 0.0320. The maximum Gasteiger partial charge on any atom is 0.220 e. The van der Waals surface area contributed by atoms with Crippen LogP contribution in [-0.4, -0.2) is 31.9 Å². The molecule has 1 saturated heterocycles. The molecular weight excluding hydrogens is 310 g/mol. The Bertz CT molecular complexity index is 615. The number of hydrogen-bond acceptors (Lipinski definition) is 3. The number of benzene rings is 1. The molecule has 2 atom stereocenters. The highest BCUT2D eigenvalue weighted by Gasteiger charge is 2.29. The van der Waals surface area contributed by atoms with Crippen molar-refractivity contribution in [1.29, 1.82) is 0 Å². The maximum absolute atomic E-state index is 12.0. The van der Waals surface area contributed by atoms with Gasteiger partial charge in [0.2, 0.25) is 5.91 Å². The van der Waals surface area contributed by atoms with E-state index in [1.54, 1.807) is 0 Å². The fourth-order valence-corrected chi connectivity index (χ4v) is 4.75. The third kappa shape index (κ3) is 5.00. The van der Waals surface area contributed by atoms with E-state index < -0.39 is 9.84 Å². The Hall–Kier alpha value is -1.07. The third-order valence-corrected chi connectivity index (χ3v) is 5.90. The minimum Gasteiger partial charge on any atom is -0.353 e. The molecule has 6 heteroatoms. The lowest BCUT2D eigenvalue weighted by Crippen LogP contribution is -2.35. The molecule has 0 bridgehead atoms. The van der Waals surface area contributed by atoms with Gasteiger partial charge in [-0.05, 0) is 37.3 Å². The van der Waals surface area contributed by atoms with E-state index in [1.807, 2.05) is 31.2 Å². The molecular formula is C15H20ClNO3S. The molecule has 0 radical (unpaired) electrons.